The number of nitrogens with zero attached hydrogens (tertiary/aromatic N) is 4. The molecule has 1 aromatic heterocycles. The van der Waals surface area contributed by atoms with Crippen molar-refractivity contribution in [1.29, 1.82) is 0 Å². The van der Waals surface area contributed by atoms with Crippen molar-refractivity contribution in [3.05, 3.63) is 65.5 Å². The molecule has 2 aromatic rings. The first-order valence-electron chi connectivity index (χ1n) is 11.7. The molecular weight excluding hydrogens is 400 g/mol. The maximum atomic E-state index is 12.5. The number of carbonyl (C=O) groups is 1. The summed E-state index contributed by atoms with van der Waals surface area (Å²) < 4.78 is 0. The summed E-state index contributed by atoms with van der Waals surface area (Å²) in [7, 11) is 1.80. The van der Waals surface area contributed by atoms with Gasteiger partial charge in [0.25, 0.3) is 0 Å². The lowest BCUT2D eigenvalue weighted by Crippen LogP contribution is -2.48. The summed E-state index contributed by atoms with van der Waals surface area (Å²) >= 11 is 0. The summed E-state index contributed by atoms with van der Waals surface area (Å²) in [6, 6.07) is 14.8. The predicted octanol–water partition coefficient (Wildman–Crippen LogP) is 2.53. The number of aliphatic imine (C=N–C) groups is 1. The van der Waals surface area contributed by atoms with Gasteiger partial charge in [0.05, 0.1) is 5.69 Å². The Labute approximate surface area is 190 Å². The van der Waals surface area contributed by atoms with Crippen LogP contribution in [-0.4, -0.2) is 59.4 Å². The highest BCUT2D eigenvalue weighted by atomic mass is 16.2. The molecule has 0 bridgehead atoms. The Kier molecular flexibility index (Phi) is 7.72. The molecular formula is C25H34N6O. The minimum Gasteiger partial charge on any atom is -0.356 e. The zero-order chi connectivity index (χ0) is 22.2. The largest absolute Gasteiger partial charge is 0.356 e. The van der Waals surface area contributed by atoms with Crippen molar-refractivity contribution in [2.45, 2.75) is 51.4 Å². The molecule has 170 valence electrons. The van der Waals surface area contributed by atoms with E-state index in [0.29, 0.717) is 12.5 Å². The summed E-state index contributed by atoms with van der Waals surface area (Å²) in [4.78, 5) is 25.8. The average molecular weight is 435 g/mol. The number of carbonyl (C=O) groups excluding carboxylic acids is 1. The molecule has 0 saturated carbocycles. The maximum absolute atomic E-state index is 12.5. The van der Waals surface area contributed by atoms with Gasteiger partial charge in [0, 0.05) is 65.0 Å². The Hall–Kier alpha value is -2.93. The van der Waals surface area contributed by atoms with Crippen LogP contribution in [0.15, 0.2) is 53.7 Å². The Morgan fingerprint density at radius 1 is 1.09 bits per heavy atom. The lowest BCUT2D eigenvalue weighted by atomic mass is 10.0. The molecule has 32 heavy (non-hydrogen) atoms. The summed E-state index contributed by atoms with van der Waals surface area (Å²) in [5.74, 6) is 1.06. The number of hydrogen-bond donors (Lipinski definition) is 2. The molecule has 3 heterocycles. The standard InChI is InChI=1S/C25H34N6O/c1-26-25(29-22-11-15-30(16-12-22)19-23-9-4-5-13-27-23)28-14-6-10-24(32)31-17-20-7-2-3-8-21(20)18-31/h2-5,7-9,13,22H,6,10-12,14-19H2,1H3,(H2,26,28,29). The van der Waals surface area contributed by atoms with Gasteiger partial charge in [-0.1, -0.05) is 30.3 Å². The van der Waals surface area contributed by atoms with Crippen LogP contribution in [0.4, 0.5) is 0 Å². The Balaban J connectivity index is 1.11. The highest BCUT2D eigenvalue weighted by Gasteiger charge is 2.23. The van der Waals surface area contributed by atoms with Gasteiger partial charge in [0.1, 0.15) is 0 Å². The van der Waals surface area contributed by atoms with Crippen molar-refractivity contribution < 1.29 is 4.79 Å². The van der Waals surface area contributed by atoms with Crippen LogP contribution >= 0.6 is 0 Å². The fourth-order valence-electron chi connectivity index (χ4n) is 4.46. The second-order valence-corrected chi connectivity index (χ2v) is 8.64. The Morgan fingerprint density at radius 3 is 2.47 bits per heavy atom. The van der Waals surface area contributed by atoms with Gasteiger partial charge in [-0.3, -0.25) is 19.7 Å². The van der Waals surface area contributed by atoms with Crippen LogP contribution in [0.25, 0.3) is 0 Å². The normalized spacial score (nSPS) is 17.3. The zero-order valence-corrected chi connectivity index (χ0v) is 19.0. The molecule has 0 unspecified atom stereocenters. The third kappa shape index (κ3) is 6.07. The van der Waals surface area contributed by atoms with Crippen molar-refractivity contribution in [1.82, 2.24) is 25.4 Å². The van der Waals surface area contributed by atoms with E-state index in [1.165, 1.54) is 11.1 Å². The van der Waals surface area contributed by atoms with Crippen molar-refractivity contribution in [3.63, 3.8) is 0 Å². The second-order valence-electron chi connectivity index (χ2n) is 8.64. The first kappa shape index (κ1) is 22.3. The summed E-state index contributed by atoms with van der Waals surface area (Å²) in [6.07, 6.45) is 5.39. The summed E-state index contributed by atoms with van der Waals surface area (Å²) in [6.45, 7) is 5.24. The van der Waals surface area contributed by atoms with Crippen molar-refractivity contribution in [2.24, 2.45) is 4.99 Å². The van der Waals surface area contributed by atoms with Gasteiger partial charge in [0.2, 0.25) is 5.91 Å². The maximum Gasteiger partial charge on any atom is 0.223 e. The van der Waals surface area contributed by atoms with E-state index in [2.05, 4.69) is 43.7 Å². The number of nitrogens with one attached hydrogen (secondary N) is 2. The van der Waals surface area contributed by atoms with Crippen LogP contribution in [0.5, 0.6) is 0 Å². The number of aromatic nitrogens is 1. The fourth-order valence-corrected chi connectivity index (χ4v) is 4.46. The molecule has 0 spiro atoms. The van der Waals surface area contributed by atoms with E-state index < -0.39 is 0 Å². The highest BCUT2D eigenvalue weighted by molar-refractivity contribution is 5.80. The minimum absolute atomic E-state index is 0.228. The summed E-state index contributed by atoms with van der Waals surface area (Å²) in [5.41, 5.74) is 3.67. The molecule has 0 aliphatic carbocycles. The SMILES string of the molecule is CN=C(NCCCC(=O)N1Cc2ccccc2C1)NC1CCN(Cc2ccccn2)CC1. The smallest absolute Gasteiger partial charge is 0.223 e. The molecule has 7 heteroatoms. The zero-order valence-electron chi connectivity index (χ0n) is 19.0. The van der Waals surface area contributed by atoms with Gasteiger partial charge in [-0.15, -0.1) is 0 Å². The number of benzene rings is 1. The number of rotatable bonds is 7. The van der Waals surface area contributed by atoms with Crippen LogP contribution in [0.1, 0.15) is 42.5 Å². The number of fused-ring (bicyclic) bond motifs is 1. The number of piperidine rings is 1. The van der Waals surface area contributed by atoms with E-state index in [0.717, 1.165) is 70.2 Å². The third-order valence-corrected chi connectivity index (χ3v) is 6.32. The molecule has 1 amide bonds. The molecule has 1 aromatic carbocycles. The molecule has 0 radical (unpaired) electrons. The second kappa shape index (κ2) is 11.1. The number of hydrogen-bond acceptors (Lipinski definition) is 4. The summed E-state index contributed by atoms with van der Waals surface area (Å²) in [5, 5.41) is 6.92. The fraction of sp³-hybridized carbons (Fsp3) is 0.480. The van der Waals surface area contributed by atoms with Gasteiger partial charge in [-0.2, -0.15) is 0 Å². The van der Waals surface area contributed by atoms with Gasteiger partial charge < -0.3 is 15.5 Å². The van der Waals surface area contributed by atoms with Crippen LogP contribution in [0, 0.1) is 0 Å². The molecule has 0 atom stereocenters. The predicted molar refractivity (Wildman–Crippen MR) is 127 cm³/mol. The first-order chi connectivity index (χ1) is 15.7. The quantitative estimate of drug-likeness (QED) is 0.398. The molecule has 2 aliphatic rings. The van der Waals surface area contributed by atoms with Crippen molar-refractivity contribution in [2.75, 3.05) is 26.7 Å². The molecule has 1 fully saturated rings. The van der Waals surface area contributed by atoms with E-state index in [9.17, 15) is 4.79 Å². The van der Waals surface area contributed by atoms with Crippen molar-refractivity contribution in [3.8, 4) is 0 Å². The van der Waals surface area contributed by atoms with E-state index in [-0.39, 0.29) is 5.91 Å². The Morgan fingerprint density at radius 2 is 1.81 bits per heavy atom. The number of guanidine groups is 1. The number of amides is 1. The average Bonchev–Trinajstić information content (AvgIpc) is 3.27. The van der Waals surface area contributed by atoms with Crippen LogP contribution in [0.2, 0.25) is 0 Å². The van der Waals surface area contributed by atoms with Crippen LogP contribution < -0.4 is 10.6 Å². The molecule has 7 nitrogen and oxygen atoms in total. The monoisotopic (exact) mass is 434 g/mol. The molecule has 2 aliphatic heterocycles. The van der Waals surface area contributed by atoms with Crippen LogP contribution in [-0.2, 0) is 24.4 Å². The van der Waals surface area contributed by atoms with E-state index in [4.69, 9.17) is 0 Å². The van der Waals surface area contributed by atoms with Crippen molar-refractivity contribution >= 4 is 11.9 Å². The van der Waals surface area contributed by atoms with Gasteiger partial charge >= 0.3 is 0 Å². The lowest BCUT2D eigenvalue weighted by Gasteiger charge is -2.32. The topological polar surface area (TPSA) is 72.9 Å². The van der Waals surface area contributed by atoms with E-state index in [1.807, 2.05) is 35.4 Å². The molecule has 2 N–H and O–H groups in total. The number of likely N-dealkylation sites (tertiary alicyclic amines) is 1. The van der Waals surface area contributed by atoms with Gasteiger partial charge in [-0.05, 0) is 42.5 Å². The lowest BCUT2D eigenvalue weighted by molar-refractivity contribution is -0.131. The molecule has 1 saturated heterocycles. The highest BCUT2D eigenvalue weighted by Crippen LogP contribution is 2.22. The number of pyridine rings is 1. The van der Waals surface area contributed by atoms with Gasteiger partial charge in [0.15, 0.2) is 5.96 Å². The first-order valence-corrected chi connectivity index (χ1v) is 11.7. The van der Waals surface area contributed by atoms with E-state index >= 15 is 0 Å². The van der Waals surface area contributed by atoms with Gasteiger partial charge in [-0.25, -0.2) is 0 Å². The minimum atomic E-state index is 0.228. The Bertz CT molecular complexity index is 883. The third-order valence-electron chi connectivity index (χ3n) is 6.32. The van der Waals surface area contributed by atoms with E-state index in [1.54, 1.807) is 7.05 Å². The molecule has 4 rings (SSSR count). The van der Waals surface area contributed by atoms with Crippen LogP contribution in [0.3, 0.4) is 0 Å².